The summed E-state index contributed by atoms with van der Waals surface area (Å²) in [7, 11) is 0. The molecule has 0 spiro atoms. The Hall–Kier alpha value is -2.00. The monoisotopic (exact) mass is 328 g/mol. The minimum absolute atomic E-state index is 0.0659. The summed E-state index contributed by atoms with van der Waals surface area (Å²) in [5.74, 6) is -0.0659. The van der Waals surface area contributed by atoms with Crippen molar-refractivity contribution in [2.75, 3.05) is 17.2 Å². The number of amides is 1. The Morgan fingerprint density at radius 1 is 1.09 bits per heavy atom. The Kier molecular flexibility index (Phi) is 4.87. The van der Waals surface area contributed by atoms with Crippen LogP contribution in [0.4, 0.5) is 11.4 Å². The highest BCUT2D eigenvalue weighted by atomic mass is 35.5. The van der Waals surface area contributed by atoms with Crippen LogP contribution in [0.3, 0.4) is 0 Å². The van der Waals surface area contributed by atoms with E-state index in [-0.39, 0.29) is 12.5 Å². The lowest BCUT2D eigenvalue weighted by Crippen LogP contribution is -2.23. The Morgan fingerprint density at radius 3 is 2.70 bits per heavy atom. The Bertz CT molecular complexity index is 727. The molecule has 0 saturated heterocycles. The molecule has 0 atom stereocenters. The molecule has 0 aliphatic heterocycles. The van der Waals surface area contributed by atoms with Crippen molar-refractivity contribution in [3.63, 3.8) is 0 Å². The summed E-state index contributed by atoms with van der Waals surface area (Å²) in [6.07, 6.45) is 4.71. The number of hydrogen-bond donors (Lipinski definition) is 2. The van der Waals surface area contributed by atoms with Crippen LogP contribution in [0, 0.1) is 6.92 Å². The molecule has 0 saturated carbocycles. The van der Waals surface area contributed by atoms with E-state index in [2.05, 4.69) is 28.8 Å². The van der Waals surface area contributed by atoms with Crippen molar-refractivity contribution < 1.29 is 4.79 Å². The molecule has 0 aromatic heterocycles. The molecule has 0 bridgehead atoms. The van der Waals surface area contributed by atoms with Gasteiger partial charge in [-0.3, -0.25) is 4.79 Å². The topological polar surface area (TPSA) is 41.1 Å². The van der Waals surface area contributed by atoms with Gasteiger partial charge in [-0.15, -0.1) is 0 Å². The summed E-state index contributed by atoms with van der Waals surface area (Å²) in [5, 5.41) is 6.86. The first-order chi connectivity index (χ1) is 11.1. The van der Waals surface area contributed by atoms with Crippen LogP contribution in [0.5, 0.6) is 0 Å². The van der Waals surface area contributed by atoms with Gasteiger partial charge in [-0.05, 0) is 67.5 Å². The average Bonchev–Trinajstić information content (AvgIpc) is 2.57. The number of carbonyl (C=O) groups excluding carboxylic acids is 1. The number of halogens is 1. The van der Waals surface area contributed by atoms with E-state index in [1.54, 1.807) is 0 Å². The van der Waals surface area contributed by atoms with E-state index < -0.39 is 0 Å². The lowest BCUT2D eigenvalue weighted by molar-refractivity contribution is -0.114. The second-order valence-corrected chi connectivity index (χ2v) is 6.37. The lowest BCUT2D eigenvalue weighted by atomic mass is 9.90. The first kappa shape index (κ1) is 15.9. The molecule has 2 aromatic carbocycles. The van der Waals surface area contributed by atoms with Crippen molar-refractivity contribution >= 4 is 28.9 Å². The van der Waals surface area contributed by atoms with Crippen LogP contribution in [-0.2, 0) is 17.6 Å². The first-order valence-electron chi connectivity index (χ1n) is 8.05. The van der Waals surface area contributed by atoms with Crippen molar-refractivity contribution in [3.05, 3.63) is 58.1 Å². The Labute approximate surface area is 142 Å². The van der Waals surface area contributed by atoms with Gasteiger partial charge in [0.1, 0.15) is 0 Å². The first-order valence-corrected chi connectivity index (χ1v) is 8.42. The predicted molar refractivity (Wildman–Crippen MR) is 96.4 cm³/mol. The minimum atomic E-state index is -0.0659. The molecule has 23 heavy (non-hydrogen) atoms. The molecule has 2 N–H and O–H groups in total. The maximum Gasteiger partial charge on any atom is 0.243 e. The third-order valence-electron chi connectivity index (χ3n) is 4.38. The second kappa shape index (κ2) is 7.05. The number of anilines is 2. The third-order valence-corrected chi connectivity index (χ3v) is 4.79. The Balaban J connectivity index is 1.65. The van der Waals surface area contributed by atoms with Crippen LogP contribution in [0.15, 0.2) is 36.4 Å². The van der Waals surface area contributed by atoms with Crippen LogP contribution < -0.4 is 10.6 Å². The number of carbonyl (C=O) groups is 1. The second-order valence-electron chi connectivity index (χ2n) is 5.96. The fourth-order valence-corrected chi connectivity index (χ4v) is 3.23. The van der Waals surface area contributed by atoms with Crippen LogP contribution in [0.1, 0.15) is 29.5 Å². The van der Waals surface area contributed by atoms with Gasteiger partial charge in [-0.25, -0.2) is 0 Å². The van der Waals surface area contributed by atoms with Gasteiger partial charge in [-0.2, -0.15) is 0 Å². The van der Waals surface area contributed by atoms with Crippen LogP contribution in [0.2, 0.25) is 5.02 Å². The molecule has 0 heterocycles. The van der Waals surface area contributed by atoms with E-state index in [0.29, 0.717) is 5.02 Å². The molecule has 0 fully saturated rings. The number of benzene rings is 2. The summed E-state index contributed by atoms with van der Waals surface area (Å²) in [6.45, 7) is 2.15. The number of nitrogens with one attached hydrogen (secondary N) is 2. The van der Waals surface area contributed by atoms with Gasteiger partial charge in [0.2, 0.25) is 5.91 Å². The van der Waals surface area contributed by atoms with Gasteiger partial charge in [0.25, 0.3) is 0 Å². The van der Waals surface area contributed by atoms with E-state index in [4.69, 9.17) is 11.6 Å². The van der Waals surface area contributed by atoms with Gasteiger partial charge >= 0.3 is 0 Å². The summed E-state index contributed by atoms with van der Waals surface area (Å²) in [6, 6.07) is 11.8. The average molecular weight is 329 g/mol. The van der Waals surface area contributed by atoms with Crippen LogP contribution in [-0.4, -0.2) is 12.5 Å². The summed E-state index contributed by atoms with van der Waals surface area (Å²) < 4.78 is 0. The van der Waals surface area contributed by atoms with Crippen molar-refractivity contribution in [2.24, 2.45) is 0 Å². The molecular formula is C19H21ClN2O. The summed E-state index contributed by atoms with van der Waals surface area (Å²) >= 11 is 6.08. The molecule has 0 unspecified atom stereocenters. The van der Waals surface area contributed by atoms with Crippen molar-refractivity contribution in [2.45, 2.75) is 32.6 Å². The molecular weight excluding hydrogens is 308 g/mol. The molecule has 2 aromatic rings. The number of hydrogen-bond acceptors (Lipinski definition) is 2. The molecule has 3 nitrogen and oxygen atoms in total. The maximum atomic E-state index is 12.2. The molecule has 1 amide bonds. The van der Waals surface area contributed by atoms with E-state index in [1.165, 1.54) is 24.0 Å². The van der Waals surface area contributed by atoms with Crippen LogP contribution in [0.25, 0.3) is 0 Å². The van der Waals surface area contributed by atoms with Crippen molar-refractivity contribution in [1.29, 1.82) is 0 Å². The van der Waals surface area contributed by atoms with Gasteiger partial charge in [0.05, 0.1) is 6.54 Å². The SMILES string of the molecule is Cc1c(Cl)cccc1NC(=O)CNc1cccc2c1CCCC2. The molecule has 0 radical (unpaired) electrons. The molecule has 4 heteroatoms. The number of fused-ring (bicyclic) bond motifs is 1. The van der Waals surface area contributed by atoms with E-state index in [0.717, 1.165) is 29.8 Å². The fourth-order valence-electron chi connectivity index (χ4n) is 3.06. The lowest BCUT2D eigenvalue weighted by Gasteiger charge is -2.20. The zero-order valence-corrected chi connectivity index (χ0v) is 14.0. The maximum absolute atomic E-state index is 12.2. The van der Waals surface area contributed by atoms with E-state index >= 15 is 0 Å². The predicted octanol–water partition coefficient (Wildman–Crippen LogP) is 4.58. The fraction of sp³-hybridized carbons (Fsp3) is 0.316. The molecule has 3 rings (SSSR count). The smallest absolute Gasteiger partial charge is 0.243 e. The number of aryl methyl sites for hydroxylation is 1. The van der Waals surface area contributed by atoms with Gasteiger partial charge in [-0.1, -0.05) is 29.8 Å². The zero-order chi connectivity index (χ0) is 16.2. The quantitative estimate of drug-likeness (QED) is 0.862. The number of rotatable bonds is 4. The van der Waals surface area contributed by atoms with Crippen molar-refractivity contribution in [1.82, 2.24) is 0 Å². The highest BCUT2D eigenvalue weighted by Gasteiger charge is 2.13. The van der Waals surface area contributed by atoms with E-state index in [9.17, 15) is 4.79 Å². The standard InChI is InChI=1S/C19H21ClN2O/c1-13-16(20)9-5-10-17(13)22-19(23)12-21-18-11-4-7-14-6-2-3-8-15(14)18/h4-5,7,9-11,21H,2-3,6,8,12H2,1H3,(H,22,23). The summed E-state index contributed by atoms with van der Waals surface area (Å²) in [5.41, 5.74) is 5.51. The molecule has 120 valence electrons. The van der Waals surface area contributed by atoms with Gasteiger partial charge in [0, 0.05) is 16.4 Å². The largest absolute Gasteiger partial charge is 0.376 e. The molecule has 1 aliphatic rings. The zero-order valence-electron chi connectivity index (χ0n) is 13.3. The Morgan fingerprint density at radius 2 is 1.83 bits per heavy atom. The summed E-state index contributed by atoms with van der Waals surface area (Å²) in [4.78, 5) is 12.2. The highest BCUT2D eigenvalue weighted by Crippen LogP contribution is 2.28. The van der Waals surface area contributed by atoms with Gasteiger partial charge < -0.3 is 10.6 Å². The van der Waals surface area contributed by atoms with Crippen molar-refractivity contribution in [3.8, 4) is 0 Å². The van der Waals surface area contributed by atoms with Crippen LogP contribution >= 0.6 is 11.6 Å². The van der Waals surface area contributed by atoms with Gasteiger partial charge in [0.15, 0.2) is 0 Å². The third kappa shape index (κ3) is 3.67. The molecule has 1 aliphatic carbocycles. The minimum Gasteiger partial charge on any atom is -0.376 e. The van der Waals surface area contributed by atoms with E-state index in [1.807, 2.05) is 25.1 Å². The normalized spacial score (nSPS) is 13.3. The highest BCUT2D eigenvalue weighted by molar-refractivity contribution is 6.31.